The van der Waals surface area contributed by atoms with Gasteiger partial charge in [-0.15, -0.1) is 0 Å². The van der Waals surface area contributed by atoms with Gasteiger partial charge < -0.3 is 10.1 Å². The van der Waals surface area contributed by atoms with Crippen molar-refractivity contribution in [2.24, 2.45) is 6.98 Å². The lowest BCUT2D eigenvalue weighted by atomic mass is 10.2. The molecule has 22 heavy (non-hydrogen) atoms. The van der Waals surface area contributed by atoms with Gasteiger partial charge in [-0.1, -0.05) is 11.6 Å². The number of hydrogen-bond donors (Lipinski definition) is 1. The number of halogens is 1. The third kappa shape index (κ3) is 2.45. The molecule has 1 amide bonds. The zero-order valence-corrected chi connectivity index (χ0v) is 12.6. The Bertz CT molecular complexity index is 925. The van der Waals surface area contributed by atoms with E-state index in [2.05, 4.69) is 15.0 Å². The van der Waals surface area contributed by atoms with E-state index in [1.807, 2.05) is 0 Å². The number of nitrogens with zero attached hydrogens (tertiary/aromatic N) is 3. The van der Waals surface area contributed by atoms with Crippen molar-refractivity contribution in [1.29, 1.82) is 0 Å². The number of methoxy groups -OCH3 is 1. The summed E-state index contributed by atoms with van der Waals surface area (Å²) in [6.07, 6.45) is 1.34. The Hall–Kier alpha value is -2.02. The second kappa shape index (κ2) is 5.64. The van der Waals surface area contributed by atoms with Gasteiger partial charge in [0.1, 0.15) is 5.15 Å². The Morgan fingerprint density at radius 1 is 1.59 bits per heavy atom. The van der Waals surface area contributed by atoms with E-state index in [-0.39, 0.29) is 17.1 Å². The van der Waals surface area contributed by atoms with Crippen molar-refractivity contribution in [3.8, 4) is 0 Å². The molecule has 0 radical (unpaired) electrons. The molecule has 1 N–H and O–H groups in total. The standard InChI is InChI=1S/C14H17ClN4O3/c1-18-11-7-16-12(15)6-10(11)19(14(18)21)9-4-3-8(5-9)17-13(20)22-2/h6-9H,3-5H2,1-2H3,(H,17,20)/t8-,9-/m1/s1/i1D3,8D. The largest absolute Gasteiger partial charge is 0.453 e. The summed E-state index contributed by atoms with van der Waals surface area (Å²) in [5.41, 5.74) is -0.252. The van der Waals surface area contributed by atoms with Crippen molar-refractivity contribution in [2.45, 2.75) is 31.3 Å². The van der Waals surface area contributed by atoms with Crippen LogP contribution >= 0.6 is 11.6 Å². The lowest BCUT2D eigenvalue weighted by Crippen LogP contribution is -2.33. The number of alkyl carbamates (subject to hydrolysis) is 1. The molecule has 2 heterocycles. The molecule has 118 valence electrons. The number of imidazole rings is 1. The minimum Gasteiger partial charge on any atom is -0.453 e. The Morgan fingerprint density at radius 2 is 2.41 bits per heavy atom. The first-order valence-electron chi connectivity index (χ1n) is 8.71. The van der Waals surface area contributed by atoms with Gasteiger partial charge in [0.15, 0.2) is 0 Å². The van der Waals surface area contributed by atoms with E-state index in [0.29, 0.717) is 22.9 Å². The topological polar surface area (TPSA) is 78.2 Å². The molecule has 1 aliphatic rings. The lowest BCUT2D eigenvalue weighted by Gasteiger charge is -2.14. The van der Waals surface area contributed by atoms with Crippen LogP contribution in [0, 0.1) is 0 Å². The van der Waals surface area contributed by atoms with Gasteiger partial charge >= 0.3 is 11.8 Å². The molecule has 1 saturated carbocycles. The van der Waals surface area contributed by atoms with Crippen LogP contribution < -0.4 is 11.0 Å². The average Bonchev–Trinajstić information content (AvgIpc) is 3.03. The van der Waals surface area contributed by atoms with Crippen LogP contribution in [0.2, 0.25) is 5.15 Å². The zero-order valence-electron chi connectivity index (χ0n) is 15.8. The SMILES string of the molecule is [2H]C([2H])([2H])n1c(=O)n([C@@H]2CC[C@@]([2H])(NC(=O)OC)C2)c2cc(Cl)ncc21. The first kappa shape index (κ1) is 10.7. The van der Waals surface area contributed by atoms with Crippen LogP contribution in [0.25, 0.3) is 11.0 Å². The second-order valence-electron chi connectivity index (χ2n) is 5.10. The van der Waals surface area contributed by atoms with Crippen LogP contribution in [0.1, 0.15) is 30.8 Å². The summed E-state index contributed by atoms with van der Waals surface area (Å²) in [5, 5.41) is 2.58. The zero-order chi connectivity index (χ0) is 19.3. The van der Waals surface area contributed by atoms with E-state index >= 15 is 0 Å². The quantitative estimate of drug-likeness (QED) is 0.853. The van der Waals surface area contributed by atoms with Gasteiger partial charge in [-0.25, -0.2) is 14.6 Å². The molecule has 8 heteroatoms. The van der Waals surface area contributed by atoms with Crippen molar-refractivity contribution in [1.82, 2.24) is 19.4 Å². The predicted octanol–water partition coefficient (Wildman–Crippen LogP) is 1.84. The minimum absolute atomic E-state index is 0.122. The fraction of sp³-hybridized carbons (Fsp3) is 0.500. The number of pyridine rings is 1. The smallest absolute Gasteiger partial charge is 0.407 e. The molecule has 0 unspecified atom stereocenters. The van der Waals surface area contributed by atoms with Crippen LogP contribution in [-0.4, -0.2) is 33.3 Å². The van der Waals surface area contributed by atoms with Crippen molar-refractivity contribution in [2.75, 3.05) is 7.11 Å². The van der Waals surface area contributed by atoms with Crippen molar-refractivity contribution in [3.05, 3.63) is 27.9 Å². The highest BCUT2D eigenvalue weighted by Gasteiger charge is 2.30. The maximum Gasteiger partial charge on any atom is 0.407 e. The Morgan fingerprint density at radius 3 is 3.14 bits per heavy atom. The Balaban J connectivity index is 2.09. The molecule has 0 aliphatic heterocycles. The first-order valence-corrected chi connectivity index (χ1v) is 7.09. The first-order chi connectivity index (χ1) is 12.1. The van der Waals surface area contributed by atoms with E-state index in [9.17, 15) is 9.59 Å². The minimum atomic E-state index is -2.68. The van der Waals surface area contributed by atoms with E-state index in [1.165, 1.54) is 23.9 Å². The molecule has 2 aromatic rings. The third-order valence-corrected chi connectivity index (χ3v) is 4.02. The Kier molecular flexibility index (Phi) is 2.73. The molecule has 1 aliphatic carbocycles. The van der Waals surface area contributed by atoms with E-state index in [4.69, 9.17) is 17.1 Å². The maximum atomic E-state index is 12.8. The summed E-state index contributed by atoms with van der Waals surface area (Å²) in [7, 11) is 1.20. The van der Waals surface area contributed by atoms with E-state index in [0.717, 1.165) is 0 Å². The Labute approximate surface area is 137 Å². The van der Waals surface area contributed by atoms with Gasteiger partial charge in [-0.05, 0) is 19.3 Å². The van der Waals surface area contributed by atoms with Gasteiger partial charge in [-0.2, -0.15) is 0 Å². The van der Waals surface area contributed by atoms with Crippen LogP contribution in [0.5, 0.6) is 0 Å². The monoisotopic (exact) mass is 328 g/mol. The summed E-state index contributed by atoms with van der Waals surface area (Å²) < 4.78 is 37.8. The number of amides is 1. The van der Waals surface area contributed by atoms with Gasteiger partial charge in [0.25, 0.3) is 0 Å². The number of rotatable bonds is 2. The average molecular weight is 329 g/mol. The summed E-state index contributed by atoms with van der Waals surface area (Å²) in [6.45, 7) is -2.68. The number of ether oxygens (including phenoxy) is 1. The number of fused-ring (bicyclic) bond motifs is 1. The van der Waals surface area contributed by atoms with Gasteiger partial charge in [0.05, 0.1) is 25.7 Å². The fourth-order valence-corrected chi connectivity index (χ4v) is 2.96. The highest BCUT2D eigenvalue weighted by molar-refractivity contribution is 6.29. The summed E-state index contributed by atoms with van der Waals surface area (Å²) in [5.74, 6) is 0. The van der Waals surface area contributed by atoms with Crippen molar-refractivity contribution < 1.29 is 15.0 Å². The van der Waals surface area contributed by atoms with Gasteiger partial charge in [-0.3, -0.25) is 9.13 Å². The maximum absolute atomic E-state index is 12.8. The molecule has 2 atom stereocenters. The molecule has 2 aromatic heterocycles. The lowest BCUT2D eigenvalue weighted by molar-refractivity contribution is 0.166. The fourth-order valence-electron chi connectivity index (χ4n) is 2.80. The van der Waals surface area contributed by atoms with E-state index < -0.39 is 30.8 Å². The highest BCUT2D eigenvalue weighted by Crippen LogP contribution is 2.32. The van der Waals surface area contributed by atoms with Crippen molar-refractivity contribution >= 4 is 28.7 Å². The molecule has 0 spiro atoms. The van der Waals surface area contributed by atoms with Crippen LogP contribution in [-0.2, 0) is 11.7 Å². The molecule has 3 rings (SSSR count). The number of aryl methyl sites for hydroxylation is 1. The number of nitrogens with one attached hydrogen (secondary N) is 1. The number of hydrogen-bond acceptors (Lipinski definition) is 4. The molecule has 0 bridgehead atoms. The summed E-state index contributed by atoms with van der Waals surface area (Å²) in [6, 6.07) is -0.345. The number of carbonyl (C=O) groups excluding carboxylic acids is 1. The van der Waals surface area contributed by atoms with Crippen LogP contribution in [0.4, 0.5) is 4.79 Å². The van der Waals surface area contributed by atoms with Crippen LogP contribution in [0.3, 0.4) is 0 Å². The van der Waals surface area contributed by atoms with Gasteiger partial charge in [0, 0.05) is 29.2 Å². The molecule has 7 nitrogen and oxygen atoms in total. The molecule has 0 aromatic carbocycles. The predicted molar refractivity (Wildman–Crippen MR) is 82.2 cm³/mol. The normalized spacial score (nSPS) is 27.8. The van der Waals surface area contributed by atoms with Crippen molar-refractivity contribution in [3.63, 3.8) is 0 Å². The molecular weight excluding hydrogens is 308 g/mol. The highest BCUT2D eigenvalue weighted by atomic mass is 35.5. The van der Waals surface area contributed by atoms with Gasteiger partial charge in [0.2, 0.25) is 0 Å². The summed E-state index contributed by atoms with van der Waals surface area (Å²) in [4.78, 5) is 28.2. The van der Waals surface area contributed by atoms with Crippen LogP contribution in [0.15, 0.2) is 17.1 Å². The van der Waals surface area contributed by atoms with E-state index in [1.54, 1.807) is 0 Å². The molecule has 1 fully saturated rings. The second-order valence-corrected chi connectivity index (χ2v) is 5.49. The number of aromatic nitrogens is 3. The molecular formula is C14H17ClN4O3. The third-order valence-electron chi connectivity index (χ3n) is 3.82. The molecule has 0 saturated heterocycles. The summed E-state index contributed by atoms with van der Waals surface area (Å²) >= 11 is 5.93. The number of carbonyl (C=O) groups is 1.